The van der Waals surface area contributed by atoms with E-state index in [0.717, 1.165) is 35.4 Å². The molecule has 2 aromatic rings. The molecule has 0 unspecified atom stereocenters. The molecule has 156 valence electrons. The van der Waals surface area contributed by atoms with Crippen molar-refractivity contribution in [1.82, 2.24) is 5.32 Å². The molecule has 1 N–H and O–H groups in total. The van der Waals surface area contributed by atoms with Crippen LogP contribution in [0, 0.1) is 0 Å². The number of ether oxygens (including phenoxy) is 1. The Balaban J connectivity index is 1.81. The smallest absolute Gasteiger partial charge is 0.244 e. The number of benzene rings is 2. The first kappa shape index (κ1) is 21.2. The highest BCUT2D eigenvalue weighted by Gasteiger charge is 2.31. The Morgan fingerprint density at radius 1 is 1.21 bits per heavy atom. The fourth-order valence-electron chi connectivity index (χ4n) is 3.86. The van der Waals surface area contributed by atoms with E-state index >= 15 is 0 Å². The summed E-state index contributed by atoms with van der Waals surface area (Å²) in [7, 11) is -3.66. The highest BCUT2D eigenvalue weighted by Crippen LogP contribution is 2.30. The fourth-order valence-corrected chi connectivity index (χ4v) is 5.04. The van der Waals surface area contributed by atoms with Crippen molar-refractivity contribution in [2.24, 2.45) is 0 Å². The number of nitrogens with zero attached hydrogens (tertiary/aromatic N) is 1. The summed E-state index contributed by atoms with van der Waals surface area (Å²) in [6.07, 6.45) is 3.95. The van der Waals surface area contributed by atoms with Crippen LogP contribution < -0.4 is 14.4 Å². The lowest BCUT2D eigenvalue weighted by molar-refractivity contribution is -0.122. The minimum atomic E-state index is -3.66. The van der Waals surface area contributed by atoms with Gasteiger partial charge in [0.25, 0.3) is 0 Å². The zero-order valence-electron chi connectivity index (χ0n) is 17.1. The fraction of sp³-hybridized carbons (Fsp3) is 0.409. The summed E-state index contributed by atoms with van der Waals surface area (Å²) in [6, 6.07) is 13.8. The number of nitrogens with one attached hydrogen (secondary N) is 1. The molecule has 2 atom stereocenters. The van der Waals surface area contributed by atoms with E-state index in [2.05, 4.69) is 11.4 Å². The van der Waals surface area contributed by atoms with Crippen LogP contribution in [0.25, 0.3) is 0 Å². The summed E-state index contributed by atoms with van der Waals surface area (Å²) in [6.45, 7) is 4.02. The van der Waals surface area contributed by atoms with Gasteiger partial charge in [-0.05, 0) is 68.5 Å². The van der Waals surface area contributed by atoms with Gasteiger partial charge in [-0.15, -0.1) is 0 Å². The highest BCUT2D eigenvalue weighted by atomic mass is 32.2. The second-order valence-corrected chi connectivity index (χ2v) is 9.17. The molecule has 0 heterocycles. The molecule has 0 bridgehead atoms. The number of amides is 1. The first-order valence-electron chi connectivity index (χ1n) is 9.91. The predicted molar refractivity (Wildman–Crippen MR) is 115 cm³/mol. The average Bonchev–Trinajstić information content (AvgIpc) is 2.69. The van der Waals surface area contributed by atoms with E-state index in [1.165, 1.54) is 5.56 Å². The van der Waals surface area contributed by atoms with Gasteiger partial charge in [-0.1, -0.05) is 24.3 Å². The standard InChI is InChI=1S/C22H28N2O4S/c1-4-28-19-14-12-18(13-15-19)24(29(3,26)27)16(2)22(25)23-21-11-7-9-17-8-5-6-10-20(17)21/h5-6,8,10,12-16,21H,4,7,9,11H2,1-3H3,(H,23,25)/t16-,21-/m1/s1. The second kappa shape index (κ2) is 8.86. The van der Waals surface area contributed by atoms with Gasteiger partial charge < -0.3 is 10.1 Å². The second-order valence-electron chi connectivity index (χ2n) is 7.31. The Labute approximate surface area is 172 Å². The molecule has 3 rings (SSSR count). The minimum absolute atomic E-state index is 0.100. The van der Waals surface area contributed by atoms with E-state index in [9.17, 15) is 13.2 Å². The van der Waals surface area contributed by atoms with Gasteiger partial charge in [0, 0.05) is 0 Å². The van der Waals surface area contributed by atoms with Gasteiger partial charge in [-0.25, -0.2) is 8.42 Å². The molecular weight excluding hydrogens is 388 g/mol. The van der Waals surface area contributed by atoms with Crippen LogP contribution in [0.3, 0.4) is 0 Å². The van der Waals surface area contributed by atoms with E-state index in [1.807, 2.05) is 25.1 Å². The van der Waals surface area contributed by atoms with Crippen molar-refractivity contribution in [3.8, 4) is 5.75 Å². The van der Waals surface area contributed by atoms with Crippen molar-refractivity contribution in [2.45, 2.75) is 45.2 Å². The molecular formula is C22H28N2O4S. The summed E-state index contributed by atoms with van der Waals surface area (Å²) in [4.78, 5) is 13.0. The molecule has 1 aliphatic carbocycles. The summed E-state index contributed by atoms with van der Waals surface area (Å²) >= 11 is 0. The number of sulfonamides is 1. The maximum Gasteiger partial charge on any atom is 0.244 e. The Kier molecular flexibility index (Phi) is 6.47. The Morgan fingerprint density at radius 2 is 1.90 bits per heavy atom. The van der Waals surface area contributed by atoms with Crippen LogP contribution in [0.1, 0.15) is 43.9 Å². The number of hydrogen-bond donors (Lipinski definition) is 1. The third-order valence-corrected chi connectivity index (χ3v) is 6.42. The van der Waals surface area contributed by atoms with Gasteiger partial charge in [0.05, 0.1) is 24.6 Å². The molecule has 0 radical (unpaired) electrons. The van der Waals surface area contributed by atoms with Crippen molar-refractivity contribution in [1.29, 1.82) is 0 Å². The topological polar surface area (TPSA) is 75.7 Å². The number of carbonyl (C=O) groups excluding carboxylic acids is 1. The summed E-state index contributed by atoms with van der Waals surface area (Å²) in [5.74, 6) is 0.339. The van der Waals surface area contributed by atoms with E-state index in [0.29, 0.717) is 18.0 Å². The molecule has 0 saturated carbocycles. The summed E-state index contributed by atoms with van der Waals surface area (Å²) < 4.78 is 31.6. The van der Waals surface area contributed by atoms with Crippen LogP contribution in [0.4, 0.5) is 5.69 Å². The zero-order valence-corrected chi connectivity index (χ0v) is 17.9. The van der Waals surface area contributed by atoms with Gasteiger partial charge in [0.15, 0.2) is 0 Å². The van der Waals surface area contributed by atoms with Crippen LogP contribution in [0.5, 0.6) is 5.75 Å². The van der Waals surface area contributed by atoms with E-state index < -0.39 is 16.1 Å². The molecule has 29 heavy (non-hydrogen) atoms. The molecule has 0 aliphatic heterocycles. The number of anilines is 1. The van der Waals surface area contributed by atoms with Crippen molar-refractivity contribution in [2.75, 3.05) is 17.2 Å². The Hall–Kier alpha value is -2.54. The van der Waals surface area contributed by atoms with Crippen LogP contribution in [0.15, 0.2) is 48.5 Å². The first-order valence-corrected chi connectivity index (χ1v) is 11.8. The van der Waals surface area contributed by atoms with Crippen LogP contribution in [-0.4, -0.2) is 33.2 Å². The molecule has 6 nitrogen and oxygen atoms in total. The zero-order chi connectivity index (χ0) is 21.0. The third-order valence-electron chi connectivity index (χ3n) is 5.18. The maximum absolute atomic E-state index is 13.0. The number of fused-ring (bicyclic) bond motifs is 1. The van der Waals surface area contributed by atoms with Crippen LogP contribution in [-0.2, 0) is 21.2 Å². The average molecular weight is 417 g/mol. The van der Waals surface area contributed by atoms with Crippen LogP contribution in [0.2, 0.25) is 0 Å². The number of aryl methyl sites for hydroxylation is 1. The SMILES string of the molecule is CCOc1ccc(N([C@H](C)C(=O)N[C@@H]2CCCc3ccccc32)S(C)(=O)=O)cc1. The number of carbonyl (C=O) groups is 1. The van der Waals surface area contributed by atoms with E-state index in [-0.39, 0.29) is 11.9 Å². The van der Waals surface area contributed by atoms with Crippen molar-refractivity contribution in [3.63, 3.8) is 0 Å². The van der Waals surface area contributed by atoms with Gasteiger partial charge in [0.2, 0.25) is 15.9 Å². The monoisotopic (exact) mass is 416 g/mol. The van der Waals surface area contributed by atoms with Crippen molar-refractivity contribution < 1.29 is 17.9 Å². The molecule has 0 fully saturated rings. The van der Waals surface area contributed by atoms with Crippen molar-refractivity contribution >= 4 is 21.6 Å². The van der Waals surface area contributed by atoms with Gasteiger partial charge in [0.1, 0.15) is 11.8 Å². The highest BCUT2D eigenvalue weighted by molar-refractivity contribution is 7.92. The van der Waals surface area contributed by atoms with Crippen molar-refractivity contribution in [3.05, 3.63) is 59.7 Å². The Bertz CT molecular complexity index is 957. The molecule has 2 aromatic carbocycles. The third kappa shape index (κ3) is 4.90. The summed E-state index contributed by atoms with van der Waals surface area (Å²) in [5.41, 5.74) is 2.79. The summed E-state index contributed by atoms with van der Waals surface area (Å²) in [5, 5.41) is 3.06. The molecule has 1 amide bonds. The molecule has 7 heteroatoms. The Morgan fingerprint density at radius 3 is 2.55 bits per heavy atom. The molecule has 0 aromatic heterocycles. The van der Waals surface area contributed by atoms with Crippen LogP contribution >= 0.6 is 0 Å². The predicted octanol–water partition coefficient (Wildman–Crippen LogP) is 3.43. The lowest BCUT2D eigenvalue weighted by Gasteiger charge is -2.31. The normalized spacial score (nSPS) is 17.1. The lowest BCUT2D eigenvalue weighted by Crippen LogP contribution is -2.49. The first-order chi connectivity index (χ1) is 13.8. The lowest BCUT2D eigenvalue weighted by atomic mass is 9.87. The van der Waals surface area contributed by atoms with E-state index in [1.54, 1.807) is 31.2 Å². The molecule has 0 saturated heterocycles. The van der Waals surface area contributed by atoms with Gasteiger partial charge >= 0.3 is 0 Å². The largest absolute Gasteiger partial charge is 0.494 e. The maximum atomic E-state index is 13.0. The molecule has 0 spiro atoms. The van der Waals surface area contributed by atoms with Gasteiger partial charge in [-0.2, -0.15) is 0 Å². The van der Waals surface area contributed by atoms with Gasteiger partial charge in [-0.3, -0.25) is 9.10 Å². The minimum Gasteiger partial charge on any atom is -0.494 e. The van der Waals surface area contributed by atoms with E-state index in [4.69, 9.17) is 4.74 Å². The number of hydrogen-bond acceptors (Lipinski definition) is 4. The molecule has 1 aliphatic rings. The number of rotatable bonds is 7. The quantitative estimate of drug-likeness (QED) is 0.750.